The number of aliphatic imine (C=N–C) groups is 1. The lowest BCUT2D eigenvalue weighted by atomic mass is 10.1. The predicted molar refractivity (Wildman–Crippen MR) is 117 cm³/mol. The normalized spacial score (nSPS) is 16.1. The zero-order valence-corrected chi connectivity index (χ0v) is 17.5. The lowest BCUT2D eigenvalue weighted by Crippen LogP contribution is -2.39. The molecule has 0 amide bonds. The fourth-order valence-corrected chi connectivity index (χ4v) is 3.58. The molecule has 1 aromatic carbocycles. The molecule has 0 radical (unpaired) electrons. The Bertz CT molecular complexity index is 695. The van der Waals surface area contributed by atoms with E-state index in [0.717, 1.165) is 76.7 Å². The molecule has 6 nitrogen and oxygen atoms in total. The quantitative estimate of drug-likeness (QED) is 0.366. The number of rotatable bonds is 10. The van der Waals surface area contributed by atoms with E-state index in [2.05, 4.69) is 50.9 Å². The van der Waals surface area contributed by atoms with Crippen LogP contribution in [0.15, 0.2) is 58.1 Å². The highest BCUT2D eigenvalue weighted by Gasteiger charge is 2.19. The smallest absolute Gasteiger partial charge is 0.190 e. The summed E-state index contributed by atoms with van der Waals surface area (Å²) in [7, 11) is 1.79. The lowest BCUT2D eigenvalue weighted by molar-refractivity contribution is 0.00534. The summed E-state index contributed by atoms with van der Waals surface area (Å²) in [6.07, 6.45) is 6.16. The number of ether oxygens (including phenoxy) is 1. The molecule has 1 fully saturated rings. The molecule has 29 heavy (non-hydrogen) atoms. The van der Waals surface area contributed by atoms with Gasteiger partial charge in [0.2, 0.25) is 0 Å². The molecule has 0 saturated carbocycles. The van der Waals surface area contributed by atoms with Crippen molar-refractivity contribution in [1.29, 1.82) is 0 Å². The van der Waals surface area contributed by atoms with Crippen LogP contribution in [0.3, 0.4) is 0 Å². The average Bonchev–Trinajstić information content (AvgIpc) is 3.28. The number of guanidine groups is 1. The van der Waals surface area contributed by atoms with Gasteiger partial charge in [-0.1, -0.05) is 30.3 Å². The van der Waals surface area contributed by atoms with Gasteiger partial charge < -0.3 is 19.8 Å². The minimum absolute atomic E-state index is 0.396. The van der Waals surface area contributed by atoms with Gasteiger partial charge in [0.15, 0.2) is 5.96 Å². The molecule has 0 bridgehead atoms. The van der Waals surface area contributed by atoms with Crippen molar-refractivity contribution in [3.05, 3.63) is 60.1 Å². The van der Waals surface area contributed by atoms with Gasteiger partial charge in [0.1, 0.15) is 5.76 Å². The second kappa shape index (κ2) is 12.3. The Morgan fingerprint density at radius 1 is 1.10 bits per heavy atom. The summed E-state index contributed by atoms with van der Waals surface area (Å²) >= 11 is 0. The number of hydrogen-bond acceptors (Lipinski definition) is 4. The molecule has 0 aliphatic carbocycles. The maximum Gasteiger partial charge on any atom is 0.190 e. The van der Waals surface area contributed by atoms with Crippen molar-refractivity contribution in [2.75, 3.05) is 39.8 Å². The van der Waals surface area contributed by atoms with Gasteiger partial charge in [0.25, 0.3) is 0 Å². The zero-order chi connectivity index (χ0) is 20.2. The third-order valence-corrected chi connectivity index (χ3v) is 5.22. The maximum atomic E-state index is 6.09. The number of hydrogen-bond donors (Lipinski definition) is 2. The van der Waals surface area contributed by atoms with Crippen LogP contribution in [-0.4, -0.2) is 56.8 Å². The molecule has 1 aliphatic heterocycles. The molecule has 158 valence electrons. The SMILES string of the molecule is CN=C(NCCCOC1CCN(Cc2ccccc2)CC1)NCCc1ccco1. The van der Waals surface area contributed by atoms with Crippen LogP contribution in [0.25, 0.3) is 0 Å². The molecule has 1 aliphatic rings. The van der Waals surface area contributed by atoms with Gasteiger partial charge in [-0.25, -0.2) is 0 Å². The average molecular weight is 399 g/mol. The Hall–Kier alpha value is -2.31. The molecule has 2 aromatic rings. The van der Waals surface area contributed by atoms with Crippen molar-refractivity contribution < 1.29 is 9.15 Å². The second-order valence-electron chi connectivity index (χ2n) is 7.44. The molecule has 1 saturated heterocycles. The first-order valence-corrected chi connectivity index (χ1v) is 10.7. The summed E-state index contributed by atoms with van der Waals surface area (Å²) in [6, 6.07) is 14.6. The molecule has 0 unspecified atom stereocenters. The number of nitrogens with zero attached hydrogens (tertiary/aromatic N) is 2. The first-order valence-electron chi connectivity index (χ1n) is 10.7. The fraction of sp³-hybridized carbons (Fsp3) is 0.522. The highest BCUT2D eigenvalue weighted by molar-refractivity contribution is 5.79. The minimum atomic E-state index is 0.396. The Labute approximate surface area is 174 Å². The van der Waals surface area contributed by atoms with Crippen LogP contribution in [0.5, 0.6) is 0 Å². The summed E-state index contributed by atoms with van der Waals surface area (Å²) in [4.78, 5) is 6.78. The van der Waals surface area contributed by atoms with Crippen LogP contribution in [-0.2, 0) is 17.7 Å². The van der Waals surface area contributed by atoms with E-state index in [4.69, 9.17) is 9.15 Å². The van der Waals surface area contributed by atoms with Crippen LogP contribution in [0.1, 0.15) is 30.6 Å². The van der Waals surface area contributed by atoms with E-state index in [1.807, 2.05) is 12.1 Å². The van der Waals surface area contributed by atoms with Crippen molar-refractivity contribution in [3.8, 4) is 0 Å². The van der Waals surface area contributed by atoms with Gasteiger partial charge in [-0.3, -0.25) is 9.89 Å². The summed E-state index contributed by atoms with van der Waals surface area (Å²) in [5, 5.41) is 6.65. The first kappa shape index (κ1) is 21.4. The third kappa shape index (κ3) is 7.91. The highest BCUT2D eigenvalue weighted by atomic mass is 16.5. The van der Waals surface area contributed by atoms with Crippen molar-refractivity contribution in [3.63, 3.8) is 0 Å². The van der Waals surface area contributed by atoms with Gasteiger partial charge in [-0.15, -0.1) is 0 Å². The van der Waals surface area contributed by atoms with E-state index in [0.29, 0.717) is 6.10 Å². The van der Waals surface area contributed by atoms with E-state index in [9.17, 15) is 0 Å². The van der Waals surface area contributed by atoms with E-state index in [1.54, 1.807) is 13.3 Å². The van der Waals surface area contributed by atoms with Gasteiger partial charge in [-0.2, -0.15) is 0 Å². The summed E-state index contributed by atoms with van der Waals surface area (Å²) in [5.41, 5.74) is 1.39. The number of benzene rings is 1. The standard InChI is InChI=1S/C23H34N4O2/c1-24-23(26-14-10-21-9-5-17-28-21)25-13-6-18-29-22-11-15-27(16-12-22)19-20-7-3-2-4-8-20/h2-5,7-9,17,22H,6,10-16,18-19H2,1H3,(H2,24,25,26). The van der Waals surface area contributed by atoms with E-state index < -0.39 is 0 Å². The second-order valence-corrected chi connectivity index (χ2v) is 7.44. The number of furan rings is 1. The summed E-state index contributed by atoms with van der Waals surface area (Å²) < 4.78 is 11.4. The summed E-state index contributed by atoms with van der Waals surface area (Å²) in [5.74, 6) is 1.81. The van der Waals surface area contributed by atoms with Gasteiger partial charge >= 0.3 is 0 Å². The van der Waals surface area contributed by atoms with E-state index in [1.165, 1.54) is 5.56 Å². The molecule has 2 N–H and O–H groups in total. The fourth-order valence-electron chi connectivity index (χ4n) is 3.58. The topological polar surface area (TPSA) is 62.0 Å². The molecule has 6 heteroatoms. The van der Waals surface area contributed by atoms with Crippen LogP contribution >= 0.6 is 0 Å². The van der Waals surface area contributed by atoms with Crippen LogP contribution in [0, 0.1) is 0 Å². The first-order chi connectivity index (χ1) is 14.3. The van der Waals surface area contributed by atoms with Gasteiger partial charge in [-0.05, 0) is 37.0 Å². The number of nitrogens with one attached hydrogen (secondary N) is 2. The highest BCUT2D eigenvalue weighted by Crippen LogP contribution is 2.16. The molecule has 1 aromatic heterocycles. The molecule has 0 spiro atoms. The summed E-state index contributed by atoms with van der Waals surface area (Å²) in [6.45, 7) is 5.72. The van der Waals surface area contributed by atoms with Crippen molar-refractivity contribution in [2.24, 2.45) is 4.99 Å². The van der Waals surface area contributed by atoms with Crippen LogP contribution in [0.2, 0.25) is 0 Å². The van der Waals surface area contributed by atoms with Crippen LogP contribution < -0.4 is 10.6 Å². The van der Waals surface area contributed by atoms with Crippen molar-refractivity contribution in [1.82, 2.24) is 15.5 Å². The Morgan fingerprint density at radius 2 is 1.90 bits per heavy atom. The minimum Gasteiger partial charge on any atom is -0.469 e. The van der Waals surface area contributed by atoms with Crippen molar-refractivity contribution >= 4 is 5.96 Å². The molecular formula is C23H34N4O2. The monoisotopic (exact) mass is 398 g/mol. The van der Waals surface area contributed by atoms with Crippen LogP contribution in [0.4, 0.5) is 0 Å². The third-order valence-electron chi connectivity index (χ3n) is 5.22. The van der Waals surface area contributed by atoms with Gasteiger partial charge in [0, 0.05) is 52.8 Å². The van der Waals surface area contributed by atoms with E-state index >= 15 is 0 Å². The molecule has 0 atom stereocenters. The maximum absolute atomic E-state index is 6.09. The Kier molecular flexibility index (Phi) is 9.07. The Morgan fingerprint density at radius 3 is 2.62 bits per heavy atom. The number of piperidine rings is 1. The Balaban J connectivity index is 1.21. The van der Waals surface area contributed by atoms with Gasteiger partial charge in [0.05, 0.1) is 12.4 Å². The van der Waals surface area contributed by atoms with Crippen molar-refractivity contribution in [2.45, 2.75) is 38.3 Å². The molecule has 3 rings (SSSR count). The zero-order valence-electron chi connectivity index (χ0n) is 17.5. The lowest BCUT2D eigenvalue weighted by Gasteiger charge is -2.32. The molecular weight excluding hydrogens is 364 g/mol. The molecule has 2 heterocycles. The number of likely N-dealkylation sites (tertiary alicyclic amines) is 1. The predicted octanol–water partition coefficient (Wildman–Crippen LogP) is 3.06. The van der Waals surface area contributed by atoms with E-state index in [-0.39, 0.29) is 0 Å². The largest absolute Gasteiger partial charge is 0.469 e.